The lowest BCUT2D eigenvalue weighted by Gasteiger charge is -1.97. The molecule has 0 radical (unpaired) electrons. The van der Waals surface area contributed by atoms with E-state index in [2.05, 4.69) is 20.2 Å². The number of sulfonamides is 1. The fraction of sp³-hybridized carbons (Fsp3) is 0. The molecule has 3 rings (SSSR count). The molecule has 0 fully saturated rings. The van der Waals surface area contributed by atoms with Gasteiger partial charge in [0.05, 0.1) is 10.6 Å². The van der Waals surface area contributed by atoms with Gasteiger partial charge >= 0.3 is 0 Å². The Balaban J connectivity index is 1.93. The zero-order chi connectivity index (χ0) is 15.7. The number of pyridine rings is 1. The van der Waals surface area contributed by atoms with Gasteiger partial charge in [-0.25, -0.2) is 13.6 Å². The Morgan fingerprint density at radius 2 is 1.82 bits per heavy atom. The standard InChI is InChI=1S/C13H12N6O2S/c14-12-10-2-1-7-16-11(10)13(17-12)19-18-8-3-5-9(6-4-8)22(15,20)21/h1-7,17H,14H2,(H2,15,20,21). The molecule has 2 heterocycles. The van der Waals surface area contributed by atoms with Crippen LogP contribution in [0.5, 0.6) is 0 Å². The van der Waals surface area contributed by atoms with Crippen LogP contribution in [-0.4, -0.2) is 18.4 Å². The molecule has 8 nitrogen and oxygen atoms in total. The minimum absolute atomic E-state index is 0.0164. The third-order valence-corrected chi connectivity index (χ3v) is 3.94. The summed E-state index contributed by atoms with van der Waals surface area (Å²) in [6.07, 6.45) is 1.63. The molecule has 0 bridgehead atoms. The largest absolute Gasteiger partial charge is 0.385 e. The van der Waals surface area contributed by atoms with Crippen molar-refractivity contribution in [2.75, 3.05) is 5.73 Å². The molecule has 0 unspecified atom stereocenters. The molecule has 0 aliphatic rings. The second-order valence-electron chi connectivity index (χ2n) is 4.53. The van der Waals surface area contributed by atoms with Crippen molar-refractivity contribution in [3.05, 3.63) is 42.6 Å². The number of nitrogen functional groups attached to an aromatic ring is 1. The van der Waals surface area contributed by atoms with E-state index in [1.807, 2.05) is 6.07 Å². The maximum atomic E-state index is 11.2. The number of nitrogens with two attached hydrogens (primary N) is 2. The lowest BCUT2D eigenvalue weighted by molar-refractivity contribution is 0.598. The highest BCUT2D eigenvalue weighted by atomic mass is 32.2. The van der Waals surface area contributed by atoms with Crippen LogP contribution in [0.1, 0.15) is 0 Å². The number of rotatable bonds is 3. The normalized spacial score (nSPS) is 12.2. The summed E-state index contributed by atoms with van der Waals surface area (Å²) in [5, 5.41) is 13.9. The molecule has 0 spiro atoms. The number of anilines is 1. The number of primary sulfonamides is 1. The van der Waals surface area contributed by atoms with E-state index < -0.39 is 10.0 Å². The van der Waals surface area contributed by atoms with Crippen molar-refractivity contribution in [1.82, 2.24) is 9.97 Å². The maximum Gasteiger partial charge on any atom is 0.238 e. The van der Waals surface area contributed by atoms with E-state index in [1.54, 1.807) is 12.3 Å². The van der Waals surface area contributed by atoms with Crippen LogP contribution in [0.25, 0.3) is 10.9 Å². The van der Waals surface area contributed by atoms with Crippen LogP contribution in [0.3, 0.4) is 0 Å². The number of hydrogen-bond acceptors (Lipinski definition) is 6. The van der Waals surface area contributed by atoms with E-state index in [0.717, 1.165) is 5.39 Å². The average Bonchev–Trinajstić information content (AvgIpc) is 2.82. The first-order valence-electron chi connectivity index (χ1n) is 6.22. The average molecular weight is 316 g/mol. The van der Waals surface area contributed by atoms with Gasteiger partial charge in [0.1, 0.15) is 11.3 Å². The van der Waals surface area contributed by atoms with Crippen LogP contribution in [-0.2, 0) is 10.0 Å². The minimum Gasteiger partial charge on any atom is -0.385 e. The Hall–Kier alpha value is -2.78. The van der Waals surface area contributed by atoms with Crippen molar-refractivity contribution < 1.29 is 8.42 Å². The van der Waals surface area contributed by atoms with Crippen molar-refractivity contribution in [2.45, 2.75) is 4.90 Å². The van der Waals surface area contributed by atoms with Crippen LogP contribution in [0.4, 0.5) is 17.3 Å². The van der Waals surface area contributed by atoms with Gasteiger partial charge in [0.2, 0.25) is 10.0 Å². The first kappa shape index (κ1) is 14.2. The third kappa shape index (κ3) is 2.67. The zero-order valence-corrected chi connectivity index (χ0v) is 12.1. The van der Waals surface area contributed by atoms with Gasteiger partial charge in [-0.1, -0.05) is 0 Å². The number of nitrogens with one attached hydrogen (secondary N) is 1. The van der Waals surface area contributed by atoms with Gasteiger partial charge in [0, 0.05) is 11.6 Å². The highest BCUT2D eigenvalue weighted by molar-refractivity contribution is 7.89. The molecular formula is C13H12N6O2S. The molecular weight excluding hydrogens is 304 g/mol. The number of benzene rings is 1. The van der Waals surface area contributed by atoms with Crippen molar-refractivity contribution in [2.24, 2.45) is 15.4 Å². The van der Waals surface area contributed by atoms with Gasteiger partial charge < -0.3 is 10.7 Å². The SMILES string of the molecule is Nc1[nH]c(N=Nc2ccc(S(N)(=O)=O)cc2)c2ncccc12. The van der Waals surface area contributed by atoms with Gasteiger partial charge in [0.15, 0.2) is 5.82 Å². The summed E-state index contributed by atoms with van der Waals surface area (Å²) in [6, 6.07) is 9.34. The summed E-state index contributed by atoms with van der Waals surface area (Å²) in [5.41, 5.74) is 6.93. The van der Waals surface area contributed by atoms with Crippen LogP contribution in [0, 0.1) is 0 Å². The minimum atomic E-state index is -3.72. The number of H-pyrrole nitrogens is 1. The highest BCUT2D eigenvalue weighted by Gasteiger charge is 2.09. The molecule has 0 saturated carbocycles. The lowest BCUT2D eigenvalue weighted by Crippen LogP contribution is -2.11. The van der Waals surface area contributed by atoms with E-state index >= 15 is 0 Å². The summed E-state index contributed by atoms with van der Waals surface area (Å²) in [4.78, 5) is 7.11. The van der Waals surface area contributed by atoms with Gasteiger partial charge in [-0.15, -0.1) is 10.2 Å². The fourth-order valence-electron chi connectivity index (χ4n) is 1.95. The molecule has 0 aliphatic carbocycles. The Bertz CT molecular complexity index is 960. The van der Waals surface area contributed by atoms with Crippen LogP contribution in [0.15, 0.2) is 57.7 Å². The maximum absolute atomic E-state index is 11.2. The van der Waals surface area contributed by atoms with Crippen molar-refractivity contribution in [3.63, 3.8) is 0 Å². The molecule has 5 N–H and O–H groups in total. The summed E-state index contributed by atoms with van der Waals surface area (Å²) in [5.74, 6) is 0.894. The molecule has 0 saturated heterocycles. The number of azo groups is 1. The molecule has 0 amide bonds. The van der Waals surface area contributed by atoms with E-state index in [4.69, 9.17) is 10.9 Å². The van der Waals surface area contributed by atoms with Gasteiger partial charge in [0.25, 0.3) is 0 Å². The summed E-state index contributed by atoms with van der Waals surface area (Å²) >= 11 is 0. The van der Waals surface area contributed by atoms with E-state index in [1.165, 1.54) is 24.3 Å². The molecule has 9 heteroatoms. The molecule has 0 aliphatic heterocycles. The van der Waals surface area contributed by atoms with Gasteiger partial charge in [-0.2, -0.15) is 0 Å². The molecule has 22 heavy (non-hydrogen) atoms. The van der Waals surface area contributed by atoms with Gasteiger partial charge in [-0.05, 0) is 36.4 Å². The fourth-order valence-corrected chi connectivity index (χ4v) is 2.46. The van der Waals surface area contributed by atoms with Crippen molar-refractivity contribution in [1.29, 1.82) is 0 Å². The van der Waals surface area contributed by atoms with Crippen LogP contribution in [0.2, 0.25) is 0 Å². The number of aromatic amines is 1. The summed E-state index contributed by atoms with van der Waals surface area (Å²) < 4.78 is 22.3. The Morgan fingerprint density at radius 3 is 2.50 bits per heavy atom. The first-order chi connectivity index (χ1) is 10.4. The Morgan fingerprint density at radius 1 is 1.09 bits per heavy atom. The van der Waals surface area contributed by atoms with Crippen LogP contribution < -0.4 is 10.9 Å². The highest BCUT2D eigenvalue weighted by Crippen LogP contribution is 2.29. The topological polar surface area (TPSA) is 140 Å². The summed E-state index contributed by atoms with van der Waals surface area (Å²) in [6.45, 7) is 0. The molecule has 0 atom stereocenters. The van der Waals surface area contributed by atoms with E-state index in [9.17, 15) is 8.42 Å². The number of nitrogens with zero attached hydrogens (tertiary/aromatic N) is 3. The second-order valence-corrected chi connectivity index (χ2v) is 6.09. The predicted octanol–water partition coefficient (Wildman–Crippen LogP) is 2.21. The molecule has 112 valence electrons. The van der Waals surface area contributed by atoms with E-state index in [0.29, 0.717) is 22.8 Å². The quantitative estimate of drug-likeness (QED) is 0.637. The monoisotopic (exact) mass is 316 g/mol. The van der Waals surface area contributed by atoms with Crippen LogP contribution >= 0.6 is 0 Å². The second kappa shape index (κ2) is 5.20. The number of hydrogen-bond donors (Lipinski definition) is 3. The van der Waals surface area contributed by atoms with E-state index in [-0.39, 0.29) is 4.90 Å². The number of fused-ring (bicyclic) bond motifs is 1. The third-order valence-electron chi connectivity index (χ3n) is 3.01. The van der Waals surface area contributed by atoms with Crippen molar-refractivity contribution in [3.8, 4) is 0 Å². The summed E-state index contributed by atoms with van der Waals surface area (Å²) in [7, 11) is -3.72. The molecule has 1 aromatic carbocycles. The first-order valence-corrected chi connectivity index (χ1v) is 7.76. The Kier molecular flexibility index (Phi) is 3.35. The Labute approximate surface area is 125 Å². The molecule has 2 aromatic heterocycles. The zero-order valence-electron chi connectivity index (χ0n) is 11.3. The number of aromatic nitrogens is 2. The van der Waals surface area contributed by atoms with Crippen molar-refractivity contribution >= 4 is 38.2 Å². The predicted molar refractivity (Wildman–Crippen MR) is 82.5 cm³/mol. The molecule has 3 aromatic rings. The lowest BCUT2D eigenvalue weighted by atomic mass is 10.3. The smallest absolute Gasteiger partial charge is 0.238 e. The van der Waals surface area contributed by atoms with Gasteiger partial charge in [-0.3, -0.25) is 4.98 Å².